The fraction of sp³-hybridized carbons (Fsp3) is 0.419. The molecule has 1 amide bonds. The summed E-state index contributed by atoms with van der Waals surface area (Å²) in [5.41, 5.74) is 0.824. The highest BCUT2D eigenvalue weighted by Gasteiger charge is 2.52. The molecule has 3 aliphatic rings. The first-order valence-electron chi connectivity index (χ1n) is 16.8. The summed E-state index contributed by atoms with van der Waals surface area (Å²) in [4.78, 5) is 63.5. The largest absolute Gasteiger partial charge is 0.346 e. The minimum atomic E-state index is -3.95. The molecule has 19 nitrogen and oxygen atoms in total. The van der Waals surface area contributed by atoms with E-state index in [2.05, 4.69) is 40.1 Å². The maximum Gasteiger partial charge on any atom is 0.327 e. The number of H-pyrrole nitrogens is 1. The molecule has 4 aromatic heterocycles. The maximum atomic E-state index is 16.8. The zero-order valence-electron chi connectivity index (χ0n) is 28.4. The Kier molecular flexibility index (Phi) is 10.7. The van der Waals surface area contributed by atoms with E-state index in [4.69, 9.17) is 57.5 Å². The number of amides is 1. The molecule has 9 atom stereocenters. The lowest BCUT2D eigenvalue weighted by atomic mass is 9.70. The van der Waals surface area contributed by atoms with Crippen molar-refractivity contribution < 1.29 is 41.4 Å². The molecule has 1 aliphatic carbocycles. The Bertz CT molecular complexity index is 2430. The van der Waals surface area contributed by atoms with Crippen molar-refractivity contribution in [2.24, 2.45) is 11.8 Å². The second-order valence-electron chi connectivity index (χ2n) is 12.7. The first kappa shape index (κ1) is 37.9. The number of benzene rings is 1. The molecule has 3 N–H and O–H groups in total. The minimum Gasteiger partial charge on any atom is -0.346 e. The van der Waals surface area contributed by atoms with E-state index in [0.29, 0.717) is 17.6 Å². The second kappa shape index (κ2) is 15.5. The molecule has 2 unspecified atom stereocenters. The van der Waals surface area contributed by atoms with Gasteiger partial charge >= 0.3 is 13.4 Å². The molecule has 8 rings (SSSR count). The molecule has 24 heteroatoms. The van der Waals surface area contributed by atoms with Crippen LogP contribution in [0.2, 0.25) is 0 Å². The smallest absolute Gasteiger partial charge is 0.327 e. The highest BCUT2D eigenvalue weighted by Crippen LogP contribution is 2.58. The summed E-state index contributed by atoms with van der Waals surface area (Å²) in [5, 5.41) is 2.71. The van der Waals surface area contributed by atoms with Gasteiger partial charge in [-0.3, -0.25) is 18.7 Å². The molecule has 0 radical (unpaired) electrons. The zero-order valence-corrected chi connectivity index (χ0v) is 31.8. The van der Waals surface area contributed by atoms with Gasteiger partial charge in [-0.05, 0) is 48.1 Å². The monoisotopic (exact) mass is 832 g/mol. The number of aromatic amines is 1. The van der Waals surface area contributed by atoms with E-state index in [-0.39, 0.29) is 66.7 Å². The van der Waals surface area contributed by atoms with Crippen molar-refractivity contribution in [3.8, 4) is 0 Å². The van der Waals surface area contributed by atoms with Gasteiger partial charge in [0.2, 0.25) is 6.54 Å². The Balaban J connectivity index is 1.06. The molecule has 288 valence electrons. The zero-order chi connectivity index (χ0) is 38.3. The number of nitrogens with zero attached hydrogens (tertiary/aromatic N) is 8. The lowest BCUT2D eigenvalue weighted by Crippen LogP contribution is -2.43. The number of anilines is 1. The molecule has 6 heterocycles. The van der Waals surface area contributed by atoms with Crippen molar-refractivity contribution >= 4 is 71.1 Å². The number of imidazole rings is 2. The normalized spacial score (nSPS) is 31.3. The van der Waals surface area contributed by atoms with Gasteiger partial charge in [0, 0.05) is 17.5 Å². The number of fused-ring (bicyclic) bond motifs is 4. The number of hydrogen-bond donors (Lipinski definition) is 3. The summed E-state index contributed by atoms with van der Waals surface area (Å²) >= 11 is 11.2. The van der Waals surface area contributed by atoms with Crippen molar-refractivity contribution in [3.63, 3.8) is 0 Å². The van der Waals surface area contributed by atoms with Crippen LogP contribution in [0, 0.1) is 18.4 Å². The highest BCUT2D eigenvalue weighted by molar-refractivity contribution is 8.07. The number of rotatable bonds is 7. The van der Waals surface area contributed by atoms with Gasteiger partial charge < -0.3 is 47.4 Å². The number of carbonyl (C=O) groups excluding carboxylic acids is 1. The van der Waals surface area contributed by atoms with Crippen LogP contribution >= 0.6 is 13.4 Å². The molecular formula is C31H31FN10O9P2S2. The van der Waals surface area contributed by atoms with E-state index in [0.717, 1.165) is 0 Å². The van der Waals surface area contributed by atoms with E-state index < -0.39 is 56.1 Å². The maximum absolute atomic E-state index is 16.8. The Labute approximate surface area is 320 Å². The summed E-state index contributed by atoms with van der Waals surface area (Å²) in [6.45, 7) is -1.31. The van der Waals surface area contributed by atoms with Crippen LogP contribution in [0.15, 0.2) is 60.4 Å². The van der Waals surface area contributed by atoms with Crippen LogP contribution in [0.5, 0.6) is 0 Å². The molecule has 2 aliphatic heterocycles. The van der Waals surface area contributed by atoms with Gasteiger partial charge in [0.15, 0.2) is 40.5 Å². The van der Waals surface area contributed by atoms with Crippen LogP contribution < -0.4 is 10.9 Å². The van der Waals surface area contributed by atoms with Crippen LogP contribution in [0.1, 0.15) is 29.0 Å². The Morgan fingerprint density at radius 3 is 2.64 bits per heavy atom. The number of hydrogen-bond acceptors (Lipinski definition) is 15. The average Bonchev–Trinajstić information content (AvgIpc) is 3.87. The van der Waals surface area contributed by atoms with Crippen LogP contribution in [0.4, 0.5) is 10.2 Å². The SMILES string of the molecule is [C-]#[N+]CCOP1(=S)OC[C@H]2C[C@@H](n3cnc4c(=O)[nH]cnc43)[C@@H]2COP(O)(=S)OC[C@H]2O[C@@H](n3cnc4c(NC(=O)c5ccccc5)ncnc43)[C@H](F)[C@@H]2O1. The van der Waals surface area contributed by atoms with E-state index in [9.17, 15) is 14.5 Å². The summed E-state index contributed by atoms with van der Waals surface area (Å²) in [7, 11) is 0. The van der Waals surface area contributed by atoms with Gasteiger partial charge in [-0.25, -0.2) is 35.9 Å². The van der Waals surface area contributed by atoms with Crippen LogP contribution in [-0.4, -0.2) is 101 Å². The average molecular weight is 833 g/mol. The topological polar surface area (TPSA) is 216 Å². The van der Waals surface area contributed by atoms with Gasteiger partial charge in [-0.15, -0.1) is 0 Å². The van der Waals surface area contributed by atoms with E-state index in [1.54, 1.807) is 34.9 Å². The first-order valence-corrected chi connectivity index (χ1v) is 21.9. The van der Waals surface area contributed by atoms with Crippen LogP contribution in [0.25, 0.3) is 27.2 Å². The molecule has 1 aromatic carbocycles. The minimum absolute atomic E-state index is 0.0190. The molecular weight excluding hydrogens is 801 g/mol. The van der Waals surface area contributed by atoms with Gasteiger partial charge in [0.05, 0.1) is 38.8 Å². The number of carbonyl (C=O) groups is 1. The van der Waals surface area contributed by atoms with Crippen molar-refractivity contribution in [3.05, 3.63) is 83.0 Å². The third kappa shape index (κ3) is 7.62. The fourth-order valence-corrected chi connectivity index (χ4v) is 10.0. The molecule has 2 saturated heterocycles. The Hall–Kier alpha value is -3.97. The summed E-state index contributed by atoms with van der Waals surface area (Å²) in [5.74, 6) is -0.954. The van der Waals surface area contributed by atoms with Crippen molar-refractivity contribution in [2.45, 2.75) is 37.1 Å². The number of ether oxygens (including phenoxy) is 1. The van der Waals surface area contributed by atoms with Gasteiger partial charge in [0.25, 0.3) is 11.5 Å². The third-order valence-corrected chi connectivity index (χ3v) is 13.5. The van der Waals surface area contributed by atoms with E-state index in [1.165, 1.54) is 29.9 Å². The van der Waals surface area contributed by atoms with Gasteiger partial charge in [-0.2, -0.15) is 0 Å². The van der Waals surface area contributed by atoms with Crippen molar-refractivity contribution in [1.82, 2.24) is 39.0 Å². The lowest BCUT2D eigenvalue weighted by molar-refractivity contribution is -0.0430. The van der Waals surface area contributed by atoms with E-state index >= 15 is 4.39 Å². The molecule has 0 spiro atoms. The summed E-state index contributed by atoms with van der Waals surface area (Å²) in [6.07, 6.45) is -0.344. The molecule has 0 bridgehead atoms. The summed E-state index contributed by atoms with van der Waals surface area (Å²) in [6, 6.07) is 8.21. The van der Waals surface area contributed by atoms with E-state index in [1.807, 2.05) is 0 Å². The molecule has 3 fully saturated rings. The molecule has 55 heavy (non-hydrogen) atoms. The van der Waals surface area contributed by atoms with Crippen molar-refractivity contribution in [2.75, 3.05) is 38.3 Å². The Morgan fingerprint density at radius 1 is 1.05 bits per heavy atom. The third-order valence-electron chi connectivity index (χ3n) is 9.52. The van der Waals surface area contributed by atoms with Crippen LogP contribution in [0.3, 0.4) is 0 Å². The van der Waals surface area contributed by atoms with Gasteiger partial charge in [0.1, 0.15) is 25.1 Å². The lowest BCUT2D eigenvalue weighted by Gasteiger charge is -2.45. The molecule has 5 aromatic rings. The summed E-state index contributed by atoms with van der Waals surface area (Å²) < 4.78 is 55.8. The second-order valence-corrected chi connectivity index (χ2v) is 18.5. The Morgan fingerprint density at radius 2 is 1.82 bits per heavy atom. The highest BCUT2D eigenvalue weighted by atomic mass is 32.5. The first-order chi connectivity index (χ1) is 26.5. The quantitative estimate of drug-likeness (QED) is 0.122. The standard InChI is InChI=1S/C31H31FN10O9P2S2/c1-33-7-8-46-53(55)49-10-18-9-20(41-15-39-24-28(41)36-14-37-30(24)44)19(18)11-47-52(45,54)48-12-21-25(51-53)22(32)31(50-21)42-16-38-23-26(34-13-35-27(23)42)40-29(43)17-5-3-2-4-6-17/h2-6,13-16,18-22,25,31H,7-12H2,(H,45,54)(H,36,37,44)(H,34,35,40,43)/t18-,19-,20-,21-,22-,25-,31-,52?,53?/m1/s1. The number of nitrogens with one attached hydrogen (secondary N) is 2. The molecule has 1 saturated carbocycles. The fourth-order valence-electron chi connectivity index (χ4n) is 6.74. The number of halogens is 1. The van der Waals surface area contributed by atoms with Crippen molar-refractivity contribution in [1.29, 1.82) is 0 Å². The predicted molar refractivity (Wildman–Crippen MR) is 198 cm³/mol. The van der Waals surface area contributed by atoms with Gasteiger partial charge in [-0.1, -0.05) is 18.2 Å². The van der Waals surface area contributed by atoms with Crippen LogP contribution in [-0.2, 0) is 51.0 Å². The predicted octanol–water partition coefficient (Wildman–Crippen LogP) is 3.45. The number of aromatic nitrogens is 8. The number of alkyl halides is 1.